The number of ketones is 1. The highest BCUT2D eigenvalue weighted by molar-refractivity contribution is 9.10. The van der Waals surface area contributed by atoms with Crippen LogP contribution in [-0.2, 0) is 0 Å². The fourth-order valence-electron chi connectivity index (χ4n) is 1.86. The normalized spacial score (nSPS) is 10.2. The van der Waals surface area contributed by atoms with Crippen LogP contribution in [0, 0.1) is 6.92 Å². The molecule has 0 aliphatic heterocycles. The number of carbonyl (C=O) groups excluding carboxylic acids is 1. The van der Waals surface area contributed by atoms with Crippen molar-refractivity contribution in [1.29, 1.82) is 0 Å². The summed E-state index contributed by atoms with van der Waals surface area (Å²) in [5.41, 5.74) is 2.23. The number of rotatable bonds is 3. The lowest BCUT2D eigenvalue weighted by molar-refractivity contribution is 0.103. The van der Waals surface area contributed by atoms with Crippen LogP contribution in [0.2, 0.25) is 0 Å². The molecule has 0 unspecified atom stereocenters. The highest BCUT2D eigenvalue weighted by Gasteiger charge is 2.15. The number of hydrogen-bond donors (Lipinski definition) is 0. The first-order valence-corrected chi connectivity index (χ1v) is 6.36. The molecule has 2 nitrogen and oxygen atoms in total. The Morgan fingerprint density at radius 3 is 2.50 bits per heavy atom. The molecule has 2 aromatic carbocycles. The Hall–Kier alpha value is -1.61. The van der Waals surface area contributed by atoms with Gasteiger partial charge in [-0.15, -0.1) is 0 Å². The molecule has 0 aliphatic carbocycles. The van der Waals surface area contributed by atoms with Gasteiger partial charge in [0.2, 0.25) is 0 Å². The molecule has 3 heteroatoms. The maximum atomic E-state index is 12.5. The van der Waals surface area contributed by atoms with Crippen LogP contribution >= 0.6 is 15.9 Å². The van der Waals surface area contributed by atoms with Crippen LogP contribution in [0.1, 0.15) is 21.5 Å². The van der Waals surface area contributed by atoms with Gasteiger partial charge in [0.25, 0.3) is 0 Å². The van der Waals surface area contributed by atoms with Crippen LogP contribution in [0.25, 0.3) is 0 Å². The molecule has 0 amide bonds. The number of halogens is 1. The highest BCUT2D eigenvalue weighted by Crippen LogP contribution is 2.24. The number of carbonyl (C=O) groups is 1. The summed E-state index contributed by atoms with van der Waals surface area (Å²) in [6, 6.07) is 12.9. The average Bonchev–Trinajstić information content (AvgIpc) is 2.38. The predicted molar refractivity (Wildman–Crippen MR) is 75.3 cm³/mol. The zero-order valence-electron chi connectivity index (χ0n) is 10.2. The average molecular weight is 305 g/mol. The molecule has 0 spiro atoms. The Bertz CT molecular complexity index is 591. The van der Waals surface area contributed by atoms with Gasteiger partial charge in [-0.3, -0.25) is 4.79 Å². The second-order valence-corrected chi connectivity index (χ2v) is 4.90. The summed E-state index contributed by atoms with van der Waals surface area (Å²) in [5, 5.41) is 0. The molecular weight excluding hydrogens is 292 g/mol. The Kier molecular flexibility index (Phi) is 3.82. The van der Waals surface area contributed by atoms with Crippen LogP contribution in [0.3, 0.4) is 0 Å². The van der Waals surface area contributed by atoms with Gasteiger partial charge in [-0.25, -0.2) is 0 Å². The Labute approximate surface area is 115 Å². The largest absolute Gasteiger partial charge is 0.496 e. The van der Waals surface area contributed by atoms with Crippen molar-refractivity contribution in [2.75, 3.05) is 7.11 Å². The fraction of sp³-hybridized carbons (Fsp3) is 0.133. The van der Waals surface area contributed by atoms with E-state index in [9.17, 15) is 4.79 Å². The molecule has 92 valence electrons. The summed E-state index contributed by atoms with van der Waals surface area (Å²) in [7, 11) is 1.57. The molecule has 0 atom stereocenters. The van der Waals surface area contributed by atoms with Gasteiger partial charge < -0.3 is 4.74 Å². The lowest BCUT2D eigenvalue weighted by atomic mass is 9.98. The van der Waals surface area contributed by atoms with E-state index in [-0.39, 0.29) is 5.78 Å². The third-order valence-electron chi connectivity index (χ3n) is 2.78. The minimum atomic E-state index is -0.0162. The summed E-state index contributed by atoms with van der Waals surface area (Å²) >= 11 is 3.39. The SMILES string of the molecule is COc1ccccc1C(=O)c1ccc(Br)cc1C. The van der Waals surface area contributed by atoms with Gasteiger partial charge in [0.05, 0.1) is 12.7 Å². The lowest BCUT2D eigenvalue weighted by Crippen LogP contribution is -2.05. The summed E-state index contributed by atoms with van der Waals surface area (Å²) in [4.78, 5) is 12.5. The smallest absolute Gasteiger partial charge is 0.197 e. The molecule has 0 bridgehead atoms. The van der Waals surface area contributed by atoms with Crippen LogP contribution in [-0.4, -0.2) is 12.9 Å². The minimum absolute atomic E-state index is 0.0162. The van der Waals surface area contributed by atoms with Crippen molar-refractivity contribution in [3.63, 3.8) is 0 Å². The molecule has 0 aliphatic rings. The second-order valence-electron chi connectivity index (χ2n) is 3.99. The van der Waals surface area contributed by atoms with E-state index in [1.807, 2.05) is 37.3 Å². The Balaban J connectivity index is 2.48. The van der Waals surface area contributed by atoms with Gasteiger partial charge in [-0.2, -0.15) is 0 Å². The molecular formula is C15H13BrO2. The van der Waals surface area contributed by atoms with Crippen LogP contribution in [0.15, 0.2) is 46.9 Å². The standard InChI is InChI=1S/C15H13BrO2/c1-10-9-11(16)7-8-12(10)15(17)13-5-3-4-6-14(13)18-2/h3-9H,1-2H3. The van der Waals surface area contributed by atoms with Crippen molar-refractivity contribution in [2.45, 2.75) is 6.92 Å². The minimum Gasteiger partial charge on any atom is -0.496 e. The van der Waals surface area contributed by atoms with Gasteiger partial charge in [0.1, 0.15) is 5.75 Å². The van der Waals surface area contributed by atoms with E-state index in [1.54, 1.807) is 19.2 Å². The molecule has 0 N–H and O–H groups in total. The first-order valence-electron chi connectivity index (χ1n) is 5.57. The maximum Gasteiger partial charge on any atom is 0.197 e. The van der Waals surface area contributed by atoms with Crippen LogP contribution < -0.4 is 4.74 Å². The maximum absolute atomic E-state index is 12.5. The number of para-hydroxylation sites is 1. The molecule has 18 heavy (non-hydrogen) atoms. The van der Waals surface area contributed by atoms with Gasteiger partial charge in [0.15, 0.2) is 5.78 Å². The van der Waals surface area contributed by atoms with Crippen LogP contribution in [0.4, 0.5) is 0 Å². The van der Waals surface area contributed by atoms with Crippen molar-refractivity contribution >= 4 is 21.7 Å². The van der Waals surface area contributed by atoms with Crippen molar-refractivity contribution in [3.05, 3.63) is 63.6 Å². The molecule has 0 fully saturated rings. The number of ether oxygens (including phenoxy) is 1. The molecule has 0 saturated carbocycles. The van der Waals surface area contributed by atoms with E-state index in [1.165, 1.54) is 0 Å². The quantitative estimate of drug-likeness (QED) is 0.801. The summed E-state index contributed by atoms with van der Waals surface area (Å²) in [6.45, 7) is 1.92. The second kappa shape index (κ2) is 5.36. The van der Waals surface area contributed by atoms with E-state index in [0.29, 0.717) is 16.9 Å². The Morgan fingerprint density at radius 1 is 1.11 bits per heavy atom. The number of methoxy groups -OCH3 is 1. The zero-order chi connectivity index (χ0) is 13.1. The van der Waals surface area contributed by atoms with Gasteiger partial charge in [-0.1, -0.05) is 28.1 Å². The molecule has 2 rings (SSSR count). The summed E-state index contributed by atoms with van der Waals surface area (Å²) < 4.78 is 6.19. The van der Waals surface area contributed by atoms with Crippen molar-refractivity contribution < 1.29 is 9.53 Å². The molecule has 0 heterocycles. The summed E-state index contributed by atoms with van der Waals surface area (Å²) in [6.07, 6.45) is 0. The number of benzene rings is 2. The number of hydrogen-bond acceptors (Lipinski definition) is 2. The highest BCUT2D eigenvalue weighted by atomic mass is 79.9. The third-order valence-corrected chi connectivity index (χ3v) is 3.28. The predicted octanol–water partition coefficient (Wildman–Crippen LogP) is 4.00. The van der Waals surface area contributed by atoms with E-state index in [2.05, 4.69) is 15.9 Å². The lowest BCUT2D eigenvalue weighted by Gasteiger charge is -2.09. The van der Waals surface area contributed by atoms with Crippen molar-refractivity contribution in [2.24, 2.45) is 0 Å². The number of aryl methyl sites for hydroxylation is 1. The van der Waals surface area contributed by atoms with Crippen LogP contribution in [0.5, 0.6) is 5.75 Å². The summed E-state index contributed by atoms with van der Waals surface area (Å²) in [5.74, 6) is 0.585. The fourth-order valence-corrected chi connectivity index (χ4v) is 2.33. The van der Waals surface area contributed by atoms with Gasteiger partial charge >= 0.3 is 0 Å². The molecule has 0 saturated heterocycles. The third kappa shape index (κ3) is 2.46. The van der Waals surface area contributed by atoms with Gasteiger partial charge in [-0.05, 0) is 42.8 Å². The van der Waals surface area contributed by atoms with E-state index >= 15 is 0 Å². The Morgan fingerprint density at radius 2 is 1.83 bits per heavy atom. The topological polar surface area (TPSA) is 26.3 Å². The molecule has 0 radical (unpaired) electrons. The molecule has 2 aromatic rings. The van der Waals surface area contributed by atoms with E-state index in [0.717, 1.165) is 10.0 Å². The monoisotopic (exact) mass is 304 g/mol. The van der Waals surface area contributed by atoms with Gasteiger partial charge in [0, 0.05) is 10.0 Å². The molecule has 0 aromatic heterocycles. The zero-order valence-corrected chi connectivity index (χ0v) is 11.8. The van der Waals surface area contributed by atoms with E-state index in [4.69, 9.17) is 4.74 Å². The first-order chi connectivity index (χ1) is 8.63. The first kappa shape index (κ1) is 12.8. The van der Waals surface area contributed by atoms with E-state index < -0.39 is 0 Å². The van der Waals surface area contributed by atoms with Crippen molar-refractivity contribution in [1.82, 2.24) is 0 Å². The van der Waals surface area contributed by atoms with Crippen molar-refractivity contribution in [3.8, 4) is 5.75 Å².